The maximum Gasteiger partial charge on any atom is 0.348 e. The van der Waals surface area contributed by atoms with E-state index in [0.717, 1.165) is 72.0 Å². The molecule has 10 heteroatoms. The molecule has 0 saturated heterocycles. The topological polar surface area (TPSA) is 71.8 Å². The first-order valence-corrected chi connectivity index (χ1v) is 29.6. The number of esters is 1. The van der Waals surface area contributed by atoms with Crippen LogP contribution in [0, 0.1) is 11.3 Å². The highest BCUT2D eigenvalue weighted by atomic mass is 32.1. The fraction of sp³-hybridized carbons (Fsp3) is 0.467. The van der Waals surface area contributed by atoms with Gasteiger partial charge in [-0.1, -0.05) is 142 Å². The number of methoxy groups -OCH3 is 2. The van der Waals surface area contributed by atoms with E-state index < -0.39 is 5.97 Å². The van der Waals surface area contributed by atoms with Crippen molar-refractivity contribution in [1.82, 2.24) is 0 Å². The van der Waals surface area contributed by atoms with Gasteiger partial charge in [-0.3, -0.25) is 0 Å². The van der Waals surface area contributed by atoms with E-state index in [4.69, 9.17) is 14.2 Å². The predicted octanol–water partition coefficient (Wildman–Crippen LogP) is 19.9. The number of benzene rings is 3. The number of fused-ring (bicyclic) bond motifs is 5. The van der Waals surface area contributed by atoms with E-state index in [9.17, 15) is 10.1 Å². The standard InChI is InChI=1S/C60H74N2O4S4/c1-6-9-12-15-18-20-23-26-50-52(41-44(42-61)60(63)66-40-25-22-17-14-11-8-3)67-56-54(50)69-59-57-55(70-58(56)59)51(27-24-21-19-16-13-10-7-2)53(68-57)43-28-30-45(31-29-43)62(46-32-36-48(64-4)37-33-46)47-34-38-49(65-5)39-35-47/h28-39,41H,6-27,40H2,1-5H3/b44-41+. The summed E-state index contributed by atoms with van der Waals surface area (Å²) in [5.74, 6) is 1.15. The number of ether oxygens (including phenoxy) is 3. The number of unbranched alkanes of at least 4 members (excludes halogenated alkanes) is 17. The van der Waals surface area contributed by atoms with E-state index in [1.165, 1.54) is 153 Å². The molecule has 4 aromatic heterocycles. The Labute approximate surface area is 434 Å². The molecule has 0 aliphatic carbocycles. The molecule has 0 aliphatic rings. The van der Waals surface area contributed by atoms with E-state index in [-0.39, 0.29) is 5.57 Å². The number of aryl methyl sites for hydroxylation is 2. The average molecular weight is 1020 g/mol. The Balaban J connectivity index is 1.23. The molecule has 0 aliphatic heterocycles. The van der Waals surface area contributed by atoms with Gasteiger partial charge in [-0.15, -0.1) is 45.3 Å². The van der Waals surface area contributed by atoms with Crippen LogP contribution in [0.25, 0.3) is 44.7 Å². The van der Waals surface area contributed by atoms with Gasteiger partial charge in [0.15, 0.2) is 0 Å². The van der Waals surface area contributed by atoms with Gasteiger partial charge in [-0.05, 0) is 116 Å². The first-order chi connectivity index (χ1) is 34.4. The number of carbonyl (C=O) groups excluding carboxylic acids is 1. The van der Waals surface area contributed by atoms with Crippen LogP contribution in [0.3, 0.4) is 0 Å². The SMILES string of the molecule is CCCCCCCCCc1c(/C=C(\C#N)C(=O)OCCCCCCCC)sc2c1sc1c3sc(-c4ccc(N(c5ccc(OC)cc5)c5ccc(OC)cc5)cc4)c(CCCCCCCCC)c3sc21. The van der Waals surface area contributed by atoms with Crippen molar-refractivity contribution in [3.05, 3.63) is 94.4 Å². The summed E-state index contributed by atoms with van der Waals surface area (Å²) in [5.41, 5.74) is 7.30. The van der Waals surface area contributed by atoms with Crippen LogP contribution in [0.2, 0.25) is 0 Å². The molecule has 3 aromatic carbocycles. The number of hydrogen-bond donors (Lipinski definition) is 0. The Bertz CT molecular complexity index is 2720. The van der Waals surface area contributed by atoms with E-state index in [2.05, 4.69) is 80.3 Å². The first-order valence-electron chi connectivity index (χ1n) is 26.3. The third-order valence-corrected chi connectivity index (χ3v) is 19.1. The molecule has 0 atom stereocenters. The molecule has 0 bridgehead atoms. The Morgan fingerprint density at radius 1 is 0.514 bits per heavy atom. The first kappa shape index (κ1) is 53.1. The van der Waals surface area contributed by atoms with Crippen molar-refractivity contribution in [2.75, 3.05) is 25.7 Å². The summed E-state index contributed by atoms with van der Waals surface area (Å²) in [6.07, 6.45) is 28.1. The molecule has 7 aromatic rings. The third kappa shape index (κ3) is 13.6. The molecule has 70 heavy (non-hydrogen) atoms. The molecule has 0 unspecified atom stereocenters. The summed E-state index contributed by atoms with van der Waals surface area (Å²) >= 11 is 7.62. The lowest BCUT2D eigenvalue weighted by Crippen LogP contribution is -2.09. The zero-order chi connectivity index (χ0) is 49.1. The number of rotatable bonds is 31. The molecule has 6 nitrogen and oxygen atoms in total. The molecule has 0 N–H and O–H groups in total. The van der Waals surface area contributed by atoms with Crippen molar-refractivity contribution < 1.29 is 19.0 Å². The fourth-order valence-electron chi connectivity index (χ4n) is 9.42. The van der Waals surface area contributed by atoms with Crippen molar-refractivity contribution >= 4 is 103 Å². The van der Waals surface area contributed by atoms with E-state index in [1.54, 1.807) is 25.6 Å². The van der Waals surface area contributed by atoms with Gasteiger partial charge < -0.3 is 19.1 Å². The van der Waals surface area contributed by atoms with Crippen molar-refractivity contribution in [1.29, 1.82) is 5.26 Å². The van der Waals surface area contributed by atoms with Crippen LogP contribution in [0.1, 0.15) is 165 Å². The largest absolute Gasteiger partial charge is 0.497 e. The lowest BCUT2D eigenvalue weighted by Gasteiger charge is -2.26. The van der Waals surface area contributed by atoms with E-state index in [1.807, 2.05) is 64.4 Å². The van der Waals surface area contributed by atoms with Crippen LogP contribution in [-0.4, -0.2) is 26.8 Å². The number of hydrogen-bond acceptors (Lipinski definition) is 10. The Morgan fingerprint density at radius 3 is 1.41 bits per heavy atom. The van der Waals surface area contributed by atoms with Crippen LogP contribution in [0.4, 0.5) is 17.1 Å². The highest BCUT2D eigenvalue weighted by Crippen LogP contribution is 2.55. The Hall–Kier alpha value is -4.66. The molecular weight excluding hydrogens is 941 g/mol. The molecule has 0 fully saturated rings. The lowest BCUT2D eigenvalue weighted by molar-refractivity contribution is -0.138. The molecule has 372 valence electrons. The minimum atomic E-state index is -0.499. The molecule has 0 spiro atoms. The fourth-order valence-corrected chi connectivity index (χ4v) is 15.6. The third-order valence-electron chi connectivity index (χ3n) is 13.4. The maximum atomic E-state index is 13.3. The number of nitriles is 1. The Morgan fingerprint density at radius 2 is 0.929 bits per heavy atom. The van der Waals surface area contributed by atoms with Gasteiger partial charge in [0.25, 0.3) is 0 Å². The molecule has 7 rings (SSSR count). The second-order valence-corrected chi connectivity index (χ2v) is 22.7. The van der Waals surface area contributed by atoms with Crippen molar-refractivity contribution in [3.8, 4) is 28.0 Å². The van der Waals surface area contributed by atoms with Crippen LogP contribution in [-0.2, 0) is 22.4 Å². The Kier molecular flexibility index (Phi) is 21.1. The second kappa shape index (κ2) is 27.8. The summed E-state index contributed by atoms with van der Waals surface area (Å²) in [7, 11) is 3.40. The maximum absolute atomic E-state index is 13.3. The van der Waals surface area contributed by atoms with Crippen molar-refractivity contribution in [2.45, 2.75) is 162 Å². The molecule has 0 amide bonds. The van der Waals surface area contributed by atoms with E-state index >= 15 is 0 Å². The zero-order valence-corrected chi connectivity index (χ0v) is 45.7. The number of nitrogens with zero attached hydrogens (tertiary/aromatic N) is 2. The highest BCUT2D eigenvalue weighted by molar-refractivity contribution is 7.45. The summed E-state index contributed by atoms with van der Waals surface area (Å²) in [6.45, 7) is 7.13. The van der Waals surface area contributed by atoms with Gasteiger partial charge in [0.2, 0.25) is 0 Å². The van der Waals surface area contributed by atoms with Crippen LogP contribution in [0.5, 0.6) is 11.5 Å². The van der Waals surface area contributed by atoms with Crippen LogP contribution < -0.4 is 14.4 Å². The lowest BCUT2D eigenvalue weighted by atomic mass is 10.0. The van der Waals surface area contributed by atoms with Crippen molar-refractivity contribution in [3.63, 3.8) is 0 Å². The van der Waals surface area contributed by atoms with Gasteiger partial charge in [0, 0.05) is 26.8 Å². The predicted molar refractivity (Wildman–Crippen MR) is 305 cm³/mol. The van der Waals surface area contributed by atoms with Crippen molar-refractivity contribution in [2.24, 2.45) is 0 Å². The normalized spacial score (nSPS) is 11.8. The molecular formula is C60H74N2O4S4. The summed E-state index contributed by atoms with van der Waals surface area (Å²) in [6, 6.07) is 27.8. The quantitative estimate of drug-likeness (QED) is 0.0187. The van der Waals surface area contributed by atoms with E-state index in [0.29, 0.717) is 6.61 Å². The summed E-state index contributed by atoms with van der Waals surface area (Å²) in [4.78, 5) is 18.0. The minimum absolute atomic E-state index is 0.105. The smallest absolute Gasteiger partial charge is 0.348 e. The number of carbonyl (C=O) groups is 1. The summed E-state index contributed by atoms with van der Waals surface area (Å²) in [5, 5.41) is 10.3. The molecule has 0 saturated carbocycles. The minimum Gasteiger partial charge on any atom is -0.497 e. The van der Waals surface area contributed by atoms with Gasteiger partial charge in [-0.2, -0.15) is 5.26 Å². The van der Waals surface area contributed by atoms with Gasteiger partial charge in [0.1, 0.15) is 23.1 Å². The summed E-state index contributed by atoms with van der Waals surface area (Å²) < 4.78 is 24.9. The molecule has 4 heterocycles. The van der Waals surface area contributed by atoms with Gasteiger partial charge >= 0.3 is 5.97 Å². The van der Waals surface area contributed by atoms with Gasteiger partial charge in [-0.25, -0.2) is 4.79 Å². The highest BCUT2D eigenvalue weighted by Gasteiger charge is 2.25. The van der Waals surface area contributed by atoms with Crippen LogP contribution >= 0.6 is 45.3 Å². The second-order valence-electron chi connectivity index (χ2n) is 18.6. The van der Waals surface area contributed by atoms with Crippen LogP contribution in [0.15, 0.2) is 78.4 Å². The molecule has 0 radical (unpaired) electrons. The van der Waals surface area contributed by atoms with Gasteiger partial charge in [0.05, 0.1) is 49.0 Å². The number of anilines is 3. The monoisotopic (exact) mass is 1010 g/mol. The zero-order valence-electron chi connectivity index (χ0n) is 42.4. The number of thiophene rings is 4. The average Bonchev–Trinajstić information content (AvgIpc) is 4.13.